The van der Waals surface area contributed by atoms with Crippen molar-refractivity contribution in [2.24, 2.45) is 0 Å². The van der Waals surface area contributed by atoms with Gasteiger partial charge in [-0.05, 0) is 54.7 Å². The standard InChI is InChI=1S/C23H28N2O4/c1-17(2)20-7-3-4-8-21(20)28-16-23(27)29-15-22(26)24-18-9-11-19(12-10-18)25-13-5-6-14-25/h3-4,7-12,17H,5-6,13-16H2,1-2H3,(H,24,26). The van der Waals surface area contributed by atoms with Gasteiger partial charge in [-0.25, -0.2) is 4.79 Å². The van der Waals surface area contributed by atoms with E-state index in [4.69, 9.17) is 9.47 Å². The minimum atomic E-state index is -0.580. The Morgan fingerprint density at radius 3 is 2.38 bits per heavy atom. The molecule has 0 spiro atoms. The number of para-hydroxylation sites is 1. The molecule has 29 heavy (non-hydrogen) atoms. The van der Waals surface area contributed by atoms with Crippen molar-refractivity contribution in [1.82, 2.24) is 0 Å². The van der Waals surface area contributed by atoms with Crippen LogP contribution >= 0.6 is 0 Å². The molecule has 2 aromatic carbocycles. The van der Waals surface area contributed by atoms with Crippen LogP contribution in [0.15, 0.2) is 48.5 Å². The van der Waals surface area contributed by atoms with Gasteiger partial charge >= 0.3 is 5.97 Å². The molecule has 0 bridgehead atoms. The lowest BCUT2D eigenvalue weighted by molar-refractivity contribution is -0.149. The predicted octanol–water partition coefficient (Wildman–Crippen LogP) is 3.97. The Kier molecular flexibility index (Phi) is 7.11. The summed E-state index contributed by atoms with van der Waals surface area (Å²) in [6.07, 6.45) is 2.44. The summed E-state index contributed by atoms with van der Waals surface area (Å²) in [4.78, 5) is 26.3. The fourth-order valence-corrected chi connectivity index (χ4v) is 3.34. The molecule has 1 N–H and O–H groups in total. The van der Waals surface area contributed by atoms with E-state index in [9.17, 15) is 9.59 Å². The van der Waals surface area contributed by atoms with E-state index in [1.165, 1.54) is 12.8 Å². The lowest BCUT2D eigenvalue weighted by atomic mass is 10.0. The van der Waals surface area contributed by atoms with Gasteiger partial charge in [-0.2, -0.15) is 0 Å². The van der Waals surface area contributed by atoms with E-state index in [0.29, 0.717) is 11.4 Å². The Morgan fingerprint density at radius 1 is 1.00 bits per heavy atom. The summed E-state index contributed by atoms with van der Waals surface area (Å²) in [7, 11) is 0. The van der Waals surface area contributed by atoms with Crippen molar-refractivity contribution in [3.05, 3.63) is 54.1 Å². The van der Waals surface area contributed by atoms with Crippen LogP contribution in [0.4, 0.5) is 11.4 Å². The molecule has 1 amide bonds. The molecule has 6 nitrogen and oxygen atoms in total. The maximum Gasteiger partial charge on any atom is 0.344 e. The third kappa shape index (κ3) is 5.98. The summed E-state index contributed by atoms with van der Waals surface area (Å²) in [5.74, 6) is -0.0233. The van der Waals surface area contributed by atoms with Crippen molar-refractivity contribution in [3.63, 3.8) is 0 Å². The van der Waals surface area contributed by atoms with Crippen molar-refractivity contribution < 1.29 is 19.1 Å². The minimum Gasteiger partial charge on any atom is -0.482 e. The van der Waals surface area contributed by atoms with Crippen LogP contribution in [-0.4, -0.2) is 38.2 Å². The molecule has 2 aromatic rings. The van der Waals surface area contributed by atoms with Gasteiger partial charge < -0.3 is 19.7 Å². The monoisotopic (exact) mass is 396 g/mol. The predicted molar refractivity (Wildman–Crippen MR) is 114 cm³/mol. The second-order valence-corrected chi connectivity index (χ2v) is 7.43. The normalized spacial score (nSPS) is 13.4. The number of anilines is 2. The Balaban J connectivity index is 1.41. The van der Waals surface area contributed by atoms with E-state index >= 15 is 0 Å². The van der Waals surface area contributed by atoms with Crippen LogP contribution < -0.4 is 15.0 Å². The maximum atomic E-state index is 12.0. The quantitative estimate of drug-likeness (QED) is 0.684. The number of amides is 1. The summed E-state index contributed by atoms with van der Waals surface area (Å²) < 4.78 is 10.6. The van der Waals surface area contributed by atoms with Gasteiger partial charge in [0.1, 0.15) is 5.75 Å². The first kappa shape index (κ1) is 20.7. The minimum absolute atomic E-state index is 0.235. The van der Waals surface area contributed by atoms with E-state index in [1.807, 2.05) is 48.5 Å². The first-order valence-corrected chi connectivity index (χ1v) is 10.0. The Morgan fingerprint density at radius 2 is 1.69 bits per heavy atom. The number of hydrogen-bond donors (Lipinski definition) is 1. The second-order valence-electron chi connectivity index (χ2n) is 7.43. The van der Waals surface area contributed by atoms with Crippen molar-refractivity contribution in [2.45, 2.75) is 32.6 Å². The molecule has 0 radical (unpaired) electrons. The highest BCUT2D eigenvalue weighted by atomic mass is 16.6. The van der Waals surface area contributed by atoms with Crippen molar-refractivity contribution in [2.75, 3.05) is 36.5 Å². The molecule has 3 rings (SSSR count). The number of hydrogen-bond acceptors (Lipinski definition) is 5. The van der Waals surface area contributed by atoms with Crippen molar-refractivity contribution in [1.29, 1.82) is 0 Å². The number of benzene rings is 2. The van der Waals surface area contributed by atoms with Crippen LogP contribution in [0.3, 0.4) is 0 Å². The lowest BCUT2D eigenvalue weighted by Gasteiger charge is -2.17. The Bertz CT molecular complexity index is 827. The molecule has 1 aliphatic rings. The van der Waals surface area contributed by atoms with Gasteiger partial charge in [-0.1, -0.05) is 32.0 Å². The molecule has 1 aliphatic heterocycles. The number of nitrogens with zero attached hydrogens (tertiary/aromatic N) is 1. The largest absolute Gasteiger partial charge is 0.482 e. The highest BCUT2D eigenvalue weighted by Crippen LogP contribution is 2.25. The number of nitrogens with one attached hydrogen (secondary N) is 1. The summed E-state index contributed by atoms with van der Waals surface area (Å²) in [6.45, 7) is 5.69. The van der Waals surface area contributed by atoms with Crippen LogP contribution in [0, 0.1) is 0 Å². The van der Waals surface area contributed by atoms with Gasteiger partial charge in [0.2, 0.25) is 0 Å². The fraction of sp³-hybridized carbons (Fsp3) is 0.391. The van der Waals surface area contributed by atoms with E-state index in [2.05, 4.69) is 24.1 Å². The number of ether oxygens (including phenoxy) is 2. The zero-order valence-electron chi connectivity index (χ0n) is 17.0. The van der Waals surface area contributed by atoms with Gasteiger partial charge in [-0.15, -0.1) is 0 Å². The van der Waals surface area contributed by atoms with Crippen molar-refractivity contribution in [3.8, 4) is 5.75 Å². The summed E-state index contributed by atoms with van der Waals surface area (Å²) in [5.41, 5.74) is 2.86. The van der Waals surface area contributed by atoms with Crippen LogP contribution in [0.5, 0.6) is 5.75 Å². The van der Waals surface area contributed by atoms with E-state index < -0.39 is 5.97 Å². The first-order valence-electron chi connectivity index (χ1n) is 10.0. The topological polar surface area (TPSA) is 67.9 Å². The van der Waals surface area contributed by atoms with Gasteiger partial charge in [0.25, 0.3) is 5.91 Å². The Hall–Kier alpha value is -3.02. The van der Waals surface area contributed by atoms with E-state index in [0.717, 1.165) is 24.3 Å². The van der Waals surface area contributed by atoms with E-state index in [1.54, 1.807) is 0 Å². The number of carbonyl (C=O) groups is 2. The third-order valence-corrected chi connectivity index (χ3v) is 4.87. The summed E-state index contributed by atoms with van der Waals surface area (Å²) in [5, 5.41) is 2.74. The zero-order chi connectivity index (χ0) is 20.6. The number of carbonyl (C=O) groups excluding carboxylic acids is 2. The molecular formula is C23H28N2O4. The smallest absolute Gasteiger partial charge is 0.344 e. The first-order chi connectivity index (χ1) is 14.0. The summed E-state index contributed by atoms with van der Waals surface area (Å²) in [6, 6.07) is 15.3. The maximum absolute atomic E-state index is 12.0. The number of rotatable bonds is 8. The SMILES string of the molecule is CC(C)c1ccccc1OCC(=O)OCC(=O)Nc1ccc(N2CCCC2)cc1. The van der Waals surface area contributed by atoms with Gasteiger partial charge in [0.15, 0.2) is 13.2 Å². The number of esters is 1. The second kappa shape index (κ2) is 9.96. The molecule has 0 aliphatic carbocycles. The molecule has 1 saturated heterocycles. The van der Waals surface area contributed by atoms with E-state index in [-0.39, 0.29) is 25.0 Å². The van der Waals surface area contributed by atoms with Gasteiger partial charge in [0, 0.05) is 24.5 Å². The Labute approximate surface area is 171 Å². The van der Waals surface area contributed by atoms with Crippen LogP contribution in [-0.2, 0) is 14.3 Å². The van der Waals surface area contributed by atoms with Crippen LogP contribution in [0.25, 0.3) is 0 Å². The van der Waals surface area contributed by atoms with Crippen LogP contribution in [0.1, 0.15) is 38.2 Å². The molecule has 0 atom stereocenters. The zero-order valence-corrected chi connectivity index (χ0v) is 17.0. The summed E-state index contributed by atoms with van der Waals surface area (Å²) >= 11 is 0. The molecule has 154 valence electrons. The average Bonchev–Trinajstić information content (AvgIpc) is 3.26. The molecule has 1 heterocycles. The highest BCUT2D eigenvalue weighted by Gasteiger charge is 2.13. The molecule has 0 saturated carbocycles. The average molecular weight is 396 g/mol. The fourth-order valence-electron chi connectivity index (χ4n) is 3.34. The van der Waals surface area contributed by atoms with Gasteiger partial charge in [0.05, 0.1) is 0 Å². The molecule has 0 unspecified atom stereocenters. The highest BCUT2D eigenvalue weighted by molar-refractivity contribution is 5.93. The lowest BCUT2D eigenvalue weighted by Crippen LogP contribution is -2.24. The molecular weight excluding hydrogens is 368 g/mol. The third-order valence-electron chi connectivity index (χ3n) is 4.87. The van der Waals surface area contributed by atoms with Crippen molar-refractivity contribution >= 4 is 23.3 Å². The molecule has 6 heteroatoms. The molecule has 1 fully saturated rings. The molecule has 0 aromatic heterocycles. The van der Waals surface area contributed by atoms with Crippen LogP contribution in [0.2, 0.25) is 0 Å². The van der Waals surface area contributed by atoms with Gasteiger partial charge in [-0.3, -0.25) is 4.79 Å².